The number of morpholine rings is 1. The van der Waals surface area contributed by atoms with Crippen molar-refractivity contribution in [3.63, 3.8) is 0 Å². The third-order valence-electron chi connectivity index (χ3n) is 5.78. The molecule has 2 aliphatic heterocycles. The van der Waals surface area contributed by atoms with Gasteiger partial charge >= 0.3 is 6.18 Å². The van der Waals surface area contributed by atoms with Crippen LogP contribution in [0.15, 0.2) is 24.3 Å². The quantitative estimate of drug-likeness (QED) is 0.677. The number of carbonyl (C=O) groups is 1. The molecule has 2 heterocycles. The highest BCUT2D eigenvalue weighted by molar-refractivity contribution is 5.81. The molecule has 1 aromatic rings. The van der Waals surface area contributed by atoms with Crippen molar-refractivity contribution in [3.05, 3.63) is 29.8 Å². The molecule has 0 unspecified atom stereocenters. The van der Waals surface area contributed by atoms with E-state index in [0.717, 1.165) is 31.7 Å². The maximum atomic E-state index is 12.9. The zero-order chi connectivity index (χ0) is 22.6. The third-order valence-corrected chi connectivity index (χ3v) is 5.78. The molecule has 0 aromatic heterocycles. The lowest BCUT2D eigenvalue weighted by Gasteiger charge is -2.41. The van der Waals surface area contributed by atoms with Gasteiger partial charge in [-0.1, -0.05) is 12.1 Å². The van der Waals surface area contributed by atoms with Crippen LogP contribution in [0.5, 0.6) is 5.75 Å². The summed E-state index contributed by atoms with van der Waals surface area (Å²) in [6.07, 6.45) is -4.22. The van der Waals surface area contributed by atoms with Gasteiger partial charge in [-0.3, -0.25) is 14.6 Å². The molecular formula is C22H32F3N3O3. The van der Waals surface area contributed by atoms with Gasteiger partial charge in [-0.25, -0.2) is 0 Å². The Bertz CT molecular complexity index is 711. The van der Waals surface area contributed by atoms with E-state index >= 15 is 0 Å². The Morgan fingerprint density at radius 1 is 1.10 bits per heavy atom. The summed E-state index contributed by atoms with van der Waals surface area (Å²) < 4.78 is 47.2. The molecule has 0 bridgehead atoms. The maximum absolute atomic E-state index is 12.9. The Kier molecular flexibility index (Phi) is 7.82. The highest BCUT2D eigenvalue weighted by Crippen LogP contribution is 2.20. The molecule has 0 N–H and O–H groups in total. The minimum Gasteiger partial charge on any atom is -0.484 e. The standard InChI is InChI=1S/C22H32F3N3O3/c1-16-12-28(13-17(2)31-16)21(29)18(3)27-10-8-26(9-11-27)14-19-4-6-20(7-5-19)30-15-22(23,24)25/h4-7,16-18H,8-15H2,1-3H3/t16-,17+,18-/m0/s1. The summed E-state index contributed by atoms with van der Waals surface area (Å²) >= 11 is 0. The minimum atomic E-state index is -4.34. The van der Waals surface area contributed by atoms with Gasteiger partial charge in [0.2, 0.25) is 5.91 Å². The summed E-state index contributed by atoms with van der Waals surface area (Å²) in [7, 11) is 0. The molecule has 1 aromatic carbocycles. The summed E-state index contributed by atoms with van der Waals surface area (Å²) in [4.78, 5) is 19.4. The fourth-order valence-electron chi connectivity index (χ4n) is 4.20. The summed E-state index contributed by atoms with van der Waals surface area (Å²) in [5, 5.41) is 0. The van der Waals surface area contributed by atoms with Gasteiger partial charge in [0.15, 0.2) is 6.61 Å². The molecule has 174 valence electrons. The van der Waals surface area contributed by atoms with Gasteiger partial charge in [0.25, 0.3) is 0 Å². The molecule has 3 rings (SSSR count). The molecule has 2 aliphatic rings. The van der Waals surface area contributed by atoms with Gasteiger partial charge in [-0.15, -0.1) is 0 Å². The number of ether oxygens (including phenoxy) is 2. The Morgan fingerprint density at radius 3 is 2.23 bits per heavy atom. The number of piperazine rings is 1. The zero-order valence-corrected chi connectivity index (χ0v) is 18.4. The molecule has 2 saturated heterocycles. The molecule has 2 fully saturated rings. The molecule has 1 amide bonds. The first-order chi connectivity index (χ1) is 14.6. The van der Waals surface area contributed by atoms with Crippen LogP contribution in [0.2, 0.25) is 0 Å². The lowest BCUT2D eigenvalue weighted by molar-refractivity contribution is -0.153. The first-order valence-corrected chi connectivity index (χ1v) is 10.8. The molecule has 0 spiro atoms. The third kappa shape index (κ3) is 7.08. The van der Waals surface area contributed by atoms with Crippen LogP contribution < -0.4 is 4.74 Å². The summed E-state index contributed by atoms with van der Waals surface area (Å²) in [5.74, 6) is 0.370. The van der Waals surface area contributed by atoms with Crippen molar-refractivity contribution in [2.45, 2.75) is 51.7 Å². The van der Waals surface area contributed by atoms with Crippen molar-refractivity contribution < 1.29 is 27.4 Å². The largest absolute Gasteiger partial charge is 0.484 e. The van der Waals surface area contributed by atoms with Crippen molar-refractivity contribution in [2.24, 2.45) is 0 Å². The fourth-order valence-corrected chi connectivity index (χ4v) is 4.20. The molecule has 0 radical (unpaired) electrons. The first-order valence-electron chi connectivity index (χ1n) is 10.8. The number of hydrogen-bond donors (Lipinski definition) is 0. The summed E-state index contributed by atoms with van der Waals surface area (Å²) in [6, 6.07) is 6.57. The summed E-state index contributed by atoms with van der Waals surface area (Å²) in [6.45, 7) is 9.93. The van der Waals surface area contributed by atoms with Crippen molar-refractivity contribution in [2.75, 3.05) is 45.9 Å². The summed E-state index contributed by atoms with van der Waals surface area (Å²) in [5.41, 5.74) is 1.02. The Balaban J connectivity index is 1.44. The topological polar surface area (TPSA) is 45.3 Å². The van der Waals surface area contributed by atoms with Gasteiger partial charge < -0.3 is 14.4 Å². The molecule has 31 heavy (non-hydrogen) atoms. The van der Waals surface area contributed by atoms with Crippen LogP contribution in [0.1, 0.15) is 26.3 Å². The van der Waals surface area contributed by atoms with E-state index in [4.69, 9.17) is 9.47 Å². The second-order valence-electron chi connectivity index (χ2n) is 8.54. The van der Waals surface area contributed by atoms with E-state index in [2.05, 4.69) is 9.80 Å². The first kappa shape index (κ1) is 23.8. The van der Waals surface area contributed by atoms with Crippen LogP contribution >= 0.6 is 0 Å². The predicted molar refractivity (Wildman–Crippen MR) is 111 cm³/mol. The molecule has 9 heteroatoms. The van der Waals surface area contributed by atoms with Crippen LogP contribution in [0, 0.1) is 0 Å². The second-order valence-corrected chi connectivity index (χ2v) is 8.54. The highest BCUT2D eigenvalue weighted by atomic mass is 19.4. The lowest BCUT2D eigenvalue weighted by Crippen LogP contribution is -2.57. The number of halogens is 3. The Labute approximate surface area is 181 Å². The van der Waals surface area contributed by atoms with Crippen molar-refractivity contribution in [3.8, 4) is 5.75 Å². The van der Waals surface area contributed by atoms with E-state index in [1.807, 2.05) is 25.7 Å². The van der Waals surface area contributed by atoms with Gasteiger partial charge in [0.1, 0.15) is 5.75 Å². The number of amides is 1. The zero-order valence-electron chi connectivity index (χ0n) is 18.4. The molecule has 0 aliphatic carbocycles. The normalized spacial score (nSPS) is 24.8. The minimum absolute atomic E-state index is 0.0574. The number of rotatable bonds is 6. The van der Waals surface area contributed by atoms with E-state index in [1.165, 1.54) is 0 Å². The fraction of sp³-hybridized carbons (Fsp3) is 0.682. The van der Waals surface area contributed by atoms with Gasteiger partial charge in [-0.05, 0) is 38.5 Å². The van der Waals surface area contributed by atoms with Gasteiger partial charge in [0, 0.05) is 45.8 Å². The number of nitrogens with zero attached hydrogens (tertiary/aromatic N) is 3. The Morgan fingerprint density at radius 2 is 1.68 bits per heavy atom. The number of hydrogen-bond acceptors (Lipinski definition) is 5. The maximum Gasteiger partial charge on any atom is 0.422 e. The van der Waals surface area contributed by atoms with Crippen molar-refractivity contribution in [1.82, 2.24) is 14.7 Å². The molecular weight excluding hydrogens is 411 g/mol. The van der Waals surface area contributed by atoms with Crippen LogP contribution in [-0.4, -0.2) is 90.9 Å². The lowest BCUT2D eigenvalue weighted by atomic mass is 10.1. The molecule has 3 atom stereocenters. The van der Waals surface area contributed by atoms with E-state index in [9.17, 15) is 18.0 Å². The van der Waals surface area contributed by atoms with Crippen LogP contribution in [0.25, 0.3) is 0 Å². The van der Waals surface area contributed by atoms with Crippen molar-refractivity contribution in [1.29, 1.82) is 0 Å². The van der Waals surface area contributed by atoms with Crippen LogP contribution in [0.3, 0.4) is 0 Å². The van der Waals surface area contributed by atoms with Gasteiger partial charge in [-0.2, -0.15) is 13.2 Å². The monoisotopic (exact) mass is 443 g/mol. The average molecular weight is 444 g/mol. The van der Waals surface area contributed by atoms with E-state index in [1.54, 1.807) is 24.3 Å². The Hall–Kier alpha value is -1.84. The number of benzene rings is 1. The van der Waals surface area contributed by atoms with Crippen LogP contribution in [0.4, 0.5) is 13.2 Å². The van der Waals surface area contributed by atoms with E-state index < -0.39 is 12.8 Å². The van der Waals surface area contributed by atoms with Crippen LogP contribution in [-0.2, 0) is 16.1 Å². The van der Waals surface area contributed by atoms with E-state index in [-0.39, 0.29) is 29.9 Å². The molecule has 0 saturated carbocycles. The predicted octanol–water partition coefficient (Wildman–Crippen LogP) is 2.77. The molecule has 6 nitrogen and oxygen atoms in total. The van der Waals surface area contributed by atoms with Gasteiger partial charge in [0.05, 0.1) is 18.2 Å². The number of alkyl halides is 3. The average Bonchev–Trinajstić information content (AvgIpc) is 2.71. The highest BCUT2D eigenvalue weighted by Gasteiger charge is 2.32. The SMILES string of the molecule is C[C@@H]1CN(C(=O)[C@H](C)N2CCN(Cc3ccc(OCC(F)(F)F)cc3)CC2)C[C@H](C)O1. The number of carbonyl (C=O) groups excluding carboxylic acids is 1. The smallest absolute Gasteiger partial charge is 0.422 e. The van der Waals surface area contributed by atoms with Crippen molar-refractivity contribution >= 4 is 5.91 Å². The second kappa shape index (κ2) is 10.2. The van der Waals surface area contributed by atoms with E-state index in [0.29, 0.717) is 19.6 Å².